The molecule has 4 aliphatic rings. The van der Waals surface area contributed by atoms with Crippen molar-refractivity contribution in [3.05, 3.63) is 82.0 Å². The maximum absolute atomic E-state index is 13.0. The Hall–Kier alpha value is -4.40. The molecular formula is C47H64N2O11. The summed E-state index contributed by atoms with van der Waals surface area (Å²) in [4.78, 5) is 51.6. The molecule has 0 aromatic heterocycles. The van der Waals surface area contributed by atoms with Crippen LogP contribution in [0.1, 0.15) is 118 Å². The number of anilines is 2. The fourth-order valence-corrected chi connectivity index (χ4v) is 8.06. The van der Waals surface area contributed by atoms with Gasteiger partial charge in [0.15, 0.2) is 11.6 Å². The Balaban J connectivity index is 0.000000228. The van der Waals surface area contributed by atoms with Crippen molar-refractivity contribution < 1.29 is 52.7 Å². The van der Waals surface area contributed by atoms with Gasteiger partial charge in [-0.15, -0.1) is 0 Å². The normalized spacial score (nSPS) is 33.0. The van der Waals surface area contributed by atoms with E-state index in [2.05, 4.69) is 16.7 Å². The summed E-state index contributed by atoms with van der Waals surface area (Å²) in [6.45, 7) is 24.4. The molecule has 3 N–H and O–H groups in total. The van der Waals surface area contributed by atoms with Crippen LogP contribution >= 0.6 is 0 Å². The molecule has 0 spiro atoms. The molecular weight excluding hydrogens is 769 g/mol. The Morgan fingerprint density at radius 2 is 0.933 bits per heavy atom. The molecule has 328 valence electrons. The SMILES string of the molecule is Cc1cc(C)c2c(c1)NC(=O)C[C@@H]1OC(C)(C)O[C@@H]1C(C)/C=C\[C@@H](C)[C@H](C)OC2=O.Cc1cc(C)c2c(c1)NC(=O)C[C@@H]1OC(C)(C)O[C@@H]1C(O)/C=C\[C@@H](C)[C@H](C)OC2=O. The molecule has 2 aromatic rings. The van der Waals surface area contributed by atoms with Crippen LogP contribution in [0.2, 0.25) is 0 Å². The van der Waals surface area contributed by atoms with Gasteiger partial charge in [-0.05, 0) is 104 Å². The zero-order valence-electron chi connectivity index (χ0n) is 37.3. The van der Waals surface area contributed by atoms with Crippen molar-refractivity contribution in [2.45, 2.75) is 157 Å². The first-order chi connectivity index (χ1) is 27.9. The van der Waals surface area contributed by atoms with Crippen molar-refractivity contribution in [1.82, 2.24) is 0 Å². The van der Waals surface area contributed by atoms with Gasteiger partial charge in [-0.1, -0.05) is 57.2 Å². The Kier molecular flexibility index (Phi) is 14.5. The standard InChI is InChI=1S/C24H33NO5.C23H31NO6/c1-13-10-16(4)21-18(11-13)25-20(26)12-19-22(30-24(6,7)29-19)15(3)9-8-14(2)17(5)28-23(21)27;1-12-9-14(3)20-16(10-12)24-19(26)11-18-21(30-23(5,6)29-18)17(25)8-7-13(2)15(4)28-22(20)27/h8-11,14-15,17,19,22H,12H2,1-7H3,(H,25,26);7-10,13,15,17-18,21,25H,11H2,1-6H3,(H,24,26)/b9-8-;8-7-/t14-,15?,17+,19+,22-;13-,15+,17?,18+,21-/m11/s1. The second-order valence-electron chi connectivity index (χ2n) is 17.8. The number of nitrogens with one attached hydrogen (secondary N) is 2. The van der Waals surface area contributed by atoms with Crippen molar-refractivity contribution in [2.24, 2.45) is 17.8 Å². The van der Waals surface area contributed by atoms with Crippen LogP contribution in [0.4, 0.5) is 11.4 Å². The molecule has 4 heterocycles. The monoisotopic (exact) mass is 832 g/mol. The number of aliphatic hydroxyl groups excluding tert-OH is 1. The zero-order chi connectivity index (χ0) is 44.4. The van der Waals surface area contributed by atoms with Gasteiger partial charge in [0.25, 0.3) is 0 Å². The first-order valence-corrected chi connectivity index (χ1v) is 20.9. The van der Waals surface area contributed by atoms with E-state index in [4.69, 9.17) is 28.4 Å². The van der Waals surface area contributed by atoms with Crippen LogP contribution in [0.3, 0.4) is 0 Å². The van der Waals surface area contributed by atoms with E-state index >= 15 is 0 Å². The lowest BCUT2D eigenvalue weighted by Gasteiger charge is -2.24. The minimum absolute atomic E-state index is 0.0214. The van der Waals surface area contributed by atoms with E-state index in [1.165, 1.54) is 0 Å². The molecule has 0 saturated carbocycles. The summed E-state index contributed by atoms with van der Waals surface area (Å²) in [5.74, 6) is -3.22. The highest BCUT2D eigenvalue weighted by atomic mass is 16.8. The summed E-state index contributed by atoms with van der Waals surface area (Å²) < 4.78 is 35.3. The number of aryl methyl sites for hydroxylation is 4. The minimum Gasteiger partial charge on any atom is -0.458 e. The molecule has 60 heavy (non-hydrogen) atoms. The topological polar surface area (TPSA) is 168 Å². The van der Waals surface area contributed by atoms with E-state index in [0.717, 1.165) is 22.3 Å². The highest BCUT2D eigenvalue weighted by Crippen LogP contribution is 2.36. The molecule has 2 aromatic carbocycles. The summed E-state index contributed by atoms with van der Waals surface area (Å²) in [7, 11) is 0. The fourth-order valence-electron chi connectivity index (χ4n) is 8.06. The summed E-state index contributed by atoms with van der Waals surface area (Å²) in [5, 5.41) is 16.4. The number of hydrogen-bond acceptors (Lipinski definition) is 11. The number of benzene rings is 2. The summed E-state index contributed by atoms with van der Waals surface area (Å²) in [6, 6.07) is 7.35. The molecule has 4 aliphatic heterocycles. The Bertz CT molecular complexity index is 1860. The molecule has 6 rings (SSSR count). The highest BCUT2D eigenvalue weighted by Gasteiger charge is 2.46. The molecule has 2 fully saturated rings. The van der Waals surface area contributed by atoms with Crippen LogP contribution < -0.4 is 10.6 Å². The Morgan fingerprint density at radius 1 is 0.550 bits per heavy atom. The van der Waals surface area contributed by atoms with Gasteiger partial charge in [0, 0.05) is 17.8 Å². The smallest absolute Gasteiger partial charge is 0.340 e. The molecule has 13 heteroatoms. The number of carbonyl (C=O) groups is 4. The highest BCUT2D eigenvalue weighted by molar-refractivity contribution is 6.03. The number of hydrogen-bond donors (Lipinski definition) is 3. The lowest BCUT2D eigenvalue weighted by Crippen LogP contribution is -2.37. The Labute approximate surface area is 354 Å². The first-order valence-electron chi connectivity index (χ1n) is 20.9. The second-order valence-corrected chi connectivity index (χ2v) is 17.8. The van der Waals surface area contributed by atoms with E-state index in [0.29, 0.717) is 22.5 Å². The maximum atomic E-state index is 13.0. The predicted molar refractivity (Wildman–Crippen MR) is 228 cm³/mol. The van der Waals surface area contributed by atoms with E-state index in [9.17, 15) is 24.3 Å². The van der Waals surface area contributed by atoms with Gasteiger partial charge in [0.2, 0.25) is 11.8 Å². The van der Waals surface area contributed by atoms with Crippen molar-refractivity contribution in [3.8, 4) is 0 Å². The predicted octanol–water partition coefficient (Wildman–Crippen LogP) is 7.80. The van der Waals surface area contributed by atoms with Crippen molar-refractivity contribution >= 4 is 35.1 Å². The number of cyclic esters (lactones) is 2. The number of carbonyl (C=O) groups excluding carboxylic acids is 4. The van der Waals surface area contributed by atoms with Crippen molar-refractivity contribution in [1.29, 1.82) is 0 Å². The molecule has 2 unspecified atom stereocenters. The van der Waals surface area contributed by atoms with Gasteiger partial charge in [0.1, 0.15) is 24.4 Å². The molecule has 0 bridgehead atoms. The molecule has 2 amide bonds. The van der Waals surface area contributed by atoms with Gasteiger partial charge in [-0.2, -0.15) is 0 Å². The van der Waals surface area contributed by atoms with Gasteiger partial charge < -0.3 is 44.2 Å². The van der Waals surface area contributed by atoms with E-state index in [-0.39, 0.29) is 60.7 Å². The quantitative estimate of drug-likeness (QED) is 0.175. The van der Waals surface area contributed by atoms with Crippen LogP contribution in [0.15, 0.2) is 48.6 Å². The molecule has 13 nitrogen and oxygen atoms in total. The first kappa shape index (κ1) is 46.7. The average molecular weight is 833 g/mol. The largest absolute Gasteiger partial charge is 0.458 e. The van der Waals surface area contributed by atoms with Crippen molar-refractivity contribution in [2.75, 3.05) is 10.6 Å². The van der Waals surface area contributed by atoms with Crippen LogP contribution in [-0.4, -0.2) is 83.2 Å². The van der Waals surface area contributed by atoms with Gasteiger partial charge in [0.05, 0.1) is 53.7 Å². The van der Waals surface area contributed by atoms with Gasteiger partial charge in [-0.25, -0.2) is 9.59 Å². The molecule has 0 aliphatic carbocycles. The molecule has 2 saturated heterocycles. The summed E-state index contributed by atoms with van der Waals surface area (Å²) >= 11 is 0. The van der Waals surface area contributed by atoms with Crippen LogP contribution in [0, 0.1) is 45.4 Å². The third-order valence-electron chi connectivity index (χ3n) is 11.4. The average Bonchev–Trinajstić information content (AvgIpc) is 3.60. The van der Waals surface area contributed by atoms with E-state index in [1.54, 1.807) is 45.1 Å². The van der Waals surface area contributed by atoms with Crippen molar-refractivity contribution in [3.63, 3.8) is 0 Å². The summed E-state index contributed by atoms with van der Waals surface area (Å²) in [6.07, 6.45) is 3.98. The fraction of sp³-hybridized carbons (Fsp3) is 0.574. The molecule has 0 radical (unpaired) electrons. The third kappa shape index (κ3) is 11.5. The third-order valence-corrected chi connectivity index (χ3v) is 11.4. The number of aliphatic hydroxyl groups is 1. The molecule has 10 atom stereocenters. The number of amides is 2. The maximum Gasteiger partial charge on any atom is 0.340 e. The van der Waals surface area contributed by atoms with Crippen LogP contribution in [0.5, 0.6) is 0 Å². The lowest BCUT2D eigenvalue weighted by atomic mass is 9.94. The van der Waals surface area contributed by atoms with E-state index < -0.39 is 47.9 Å². The number of fused-ring (bicyclic) bond motifs is 4. The van der Waals surface area contributed by atoms with Gasteiger partial charge in [-0.3, -0.25) is 9.59 Å². The number of rotatable bonds is 0. The Morgan fingerprint density at radius 3 is 1.38 bits per heavy atom. The number of esters is 2. The zero-order valence-corrected chi connectivity index (χ0v) is 37.3. The van der Waals surface area contributed by atoms with Crippen LogP contribution in [-0.2, 0) is 38.0 Å². The van der Waals surface area contributed by atoms with Crippen LogP contribution in [0.25, 0.3) is 0 Å². The minimum atomic E-state index is -0.963. The second kappa shape index (κ2) is 18.7. The number of ether oxygens (including phenoxy) is 6. The lowest BCUT2D eigenvalue weighted by molar-refractivity contribution is -0.153. The van der Waals surface area contributed by atoms with Gasteiger partial charge >= 0.3 is 11.9 Å². The summed E-state index contributed by atoms with van der Waals surface area (Å²) in [5.41, 5.74) is 4.98. The van der Waals surface area contributed by atoms with E-state index in [1.807, 2.05) is 87.4 Å².